The number of hydrogen-bond acceptors (Lipinski definition) is 7. The Kier molecular flexibility index (Phi) is 9.17. The fourth-order valence-electron chi connectivity index (χ4n) is 1.91. The Morgan fingerprint density at radius 1 is 1.57 bits per heavy atom. The number of hydrogen-bond donors (Lipinski definition) is 6. The molecule has 1 heterocycles. The number of ketones is 1. The van der Waals surface area contributed by atoms with Crippen molar-refractivity contribution in [2.24, 2.45) is 15.7 Å². The van der Waals surface area contributed by atoms with Gasteiger partial charge in [0.15, 0.2) is 17.6 Å². The Balaban J connectivity index is 3.01. The Hall–Kier alpha value is -3.40. The maximum atomic E-state index is 14.3. The monoisotopic (exact) mass is 391 g/mol. The van der Waals surface area contributed by atoms with Crippen LogP contribution in [0, 0.1) is 0 Å². The van der Waals surface area contributed by atoms with E-state index in [2.05, 4.69) is 37.8 Å². The predicted octanol–water partition coefficient (Wildman–Crippen LogP) is 0.235. The van der Waals surface area contributed by atoms with Gasteiger partial charge in [-0.3, -0.25) is 9.79 Å². The molecule has 0 amide bonds. The summed E-state index contributed by atoms with van der Waals surface area (Å²) in [6.45, 7) is 6.57. The van der Waals surface area contributed by atoms with Gasteiger partial charge in [-0.2, -0.15) is 0 Å². The normalized spacial score (nSPS) is 21.8. The van der Waals surface area contributed by atoms with E-state index >= 15 is 0 Å². The number of nitrogens with one attached hydrogen (secondary N) is 4. The Morgan fingerprint density at radius 2 is 2.29 bits per heavy atom. The largest absolute Gasteiger partial charge is 0.398 e. The highest BCUT2D eigenvalue weighted by molar-refractivity contribution is 5.94. The zero-order valence-electron chi connectivity index (χ0n) is 16.1. The Bertz CT molecular complexity index is 779. The summed E-state index contributed by atoms with van der Waals surface area (Å²) in [5.74, 6) is -1.07. The molecule has 1 rings (SSSR count). The Morgan fingerprint density at radius 3 is 2.96 bits per heavy atom. The van der Waals surface area contributed by atoms with Crippen LogP contribution in [0.2, 0.25) is 0 Å². The summed E-state index contributed by atoms with van der Waals surface area (Å²) in [6, 6.07) is 0. The summed E-state index contributed by atoms with van der Waals surface area (Å²) in [5.41, 5.74) is 6.93. The second-order valence-corrected chi connectivity index (χ2v) is 5.75. The zero-order valence-corrected chi connectivity index (χ0v) is 16.1. The van der Waals surface area contributed by atoms with Gasteiger partial charge in [0.2, 0.25) is 6.35 Å². The average molecular weight is 391 g/mol. The Labute approximate surface area is 163 Å². The zero-order chi connectivity index (χ0) is 21.1. The molecule has 1 atom stereocenters. The van der Waals surface area contributed by atoms with Gasteiger partial charge in [0, 0.05) is 49.2 Å². The lowest BCUT2D eigenvalue weighted by molar-refractivity contribution is -0.113. The van der Waals surface area contributed by atoms with Gasteiger partial charge in [-0.05, 0) is 19.4 Å². The molecular formula is C18H26FN7O2. The first kappa shape index (κ1) is 22.6. The van der Waals surface area contributed by atoms with Gasteiger partial charge in [-0.1, -0.05) is 6.58 Å². The summed E-state index contributed by atoms with van der Waals surface area (Å²) < 4.78 is 14.3. The van der Waals surface area contributed by atoms with Gasteiger partial charge in [-0.25, -0.2) is 9.38 Å². The van der Waals surface area contributed by atoms with Gasteiger partial charge in [0.25, 0.3) is 0 Å². The fraction of sp³-hybridized carbons (Fsp3) is 0.278. The first-order chi connectivity index (χ1) is 13.2. The molecule has 9 nitrogen and oxygen atoms in total. The van der Waals surface area contributed by atoms with E-state index in [0.29, 0.717) is 11.3 Å². The van der Waals surface area contributed by atoms with Crippen molar-refractivity contribution in [2.45, 2.75) is 20.2 Å². The molecule has 0 aromatic heterocycles. The van der Waals surface area contributed by atoms with E-state index in [-0.39, 0.29) is 29.6 Å². The van der Waals surface area contributed by atoms with E-state index in [0.717, 1.165) is 0 Å². The third kappa shape index (κ3) is 7.87. The van der Waals surface area contributed by atoms with Gasteiger partial charge < -0.3 is 32.1 Å². The molecule has 0 aromatic rings. The van der Waals surface area contributed by atoms with Gasteiger partial charge in [0.05, 0.1) is 5.70 Å². The molecule has 7 N–H and O–H groups in total. The van der Waals surface area contributed by atoms with Crippen molar-refractivity contribution >= 4 is 18.0 Å². The third-order valence-corrected chi connectivity index (χ3v) is 3.36. The van der Waals surface area contributed by atoms with Crippen LogP contribution in [-0.4, -0.2) is 43.0 Å². The highest BCUT2D eigenvalue weighted by atomic mass is 19.1. The summed E-state index contributed by atoms with van der Waals surface area (Å²) in [4.78, 5) is 20.0. The molecule has 0 aliphatic carbocycles. The molecule has 1 aliphatic rings. The van der Waals surface area contributed by atoms with Crippen molar-refractivity contribution < 1.29 is 14.3 Å². The number of aliphatic imine (C=N–C) groups is 2. The highest BCUT2D eigenvalue weighted by Crippen LogP contribution is 2.11. The average Bonchev–Trinajstić information content (AvgIpc) is 2.64. The van der Waals surface area contributed by atoms with Crippen molar-refractivity contribution in [3.05, 3.63) is 59.6 Å². The van der Waals surface area contributed by atoms with Gasteiger partial charge in [-0.15, -0.1) is 0 Å². The minimum atomic E-state index is -1.27. The third-order valence-electron chi connectivity index (χ3n) is 3.36. The van der Waals surface area contributed by atoms with Crippen molar-refractivity contribution in [2.75, 3.05) is 13.6 Å². The van der Waals surface area contributed by atoms with Crippen molar-refractivity contribution in [3.8, 4) is 0 Å². The summed E-state index contributed by atoms with van der Waals surface area (Å²) in [5, 5.41) is 20.4. The molecule has 0 spiro atoms. The molecule has 10 heteroatoms. The molecule has 0 bridgehead atoms. The lowest BCUT2D eigenvalue weighted by atomic mass is 10.2. The first-order valence-corrected chi connectivity index (χ1v) is 8.35. The van der Waals surface area contributed by atoms with Crippen LogP contribution in [0.4, 0.5) is 4.39 Å². The van der Waals surface area contributed by atoms with Crippen molar-refractivity contribution in [3.63, 3.8) is 0 Å². The van der Waals surface area contributed by atoms with E-state index < -0.39 is 12.2 Å². The molecule has 28 heavy (non-hydrogen) atoms. The number of aliphatic hydroxyl groups is 1. The van der Waals surface area contributed by atoms with Gasteiger partial charge in [0.1, 0.15) is 6.54 Å². The van der Waals surface area contributed by atoms with Crippen LogP contribution in [0.25, 0.3) is 0 Å². The summed E-state index contributed by atoms with van der Waals surface area (Å²) in [6.07, 6.45) is 5.64. The van der Waals surface area contributed by atoms with E-state index in [9.17, 15) is 14.3 Å². The molecule has 152 valence electrons. The fourth-order valence-corrected chi connectivity index (χ4v) is 1.91. The standard InChI is InChI=1S/C18H26FN7O2/c1-11(8-21-4)15(20)7-14(27)10-24-17-25-13(3)16(19)12(2)9-22-5-6-23-18(28)26-17/h5-9,18,21,23,28H,3,10,20H2,1-2,4H3,(H2,24,25,26)/b6-5+,11-8-,15-7?,16-12?,22-9?. The van der Waals surface area contributed by atoms with Crippen molar-refractivity contribution in [1.29, 1.82) is 0 Å². The van der Waals surface area contributed by atoms with E-state index in [1.54, 1.807) is 20.2 Å². The molecule has 1 unspecified atom stereocenters. The molecular weight excluding hydrogens is 365 g/mol. The van der Waals surface area contributed by atoms with E-state index in [1.165, 1.54) is 31.6 Å². The van der Waals surface area contributed by atoms with Crippen LogP contribution >= 0.6 is 0 Å². The molecule has 0 radical (unpaired) electrons. The van der Waals surface area contributed by atoms with Crippen LogP contribution in [0.15, 0.2) is 69.6 Å². The number of halogens is 1. The van der Waals surface area contributed by atoms with Crippen LogP contribution in [0.1, 0.15) is 13.8 Å². The smallest absolute Gasteiger partial charge is 0.204 e. The quantitative estimate of drug-likeness (QED) is 0.292. The second kappa shape index (κ2) is 11.3. The molecule has 0 fully saturated rings. The molecule has 1 aliphatic heterocycles. The minimum Gasteiger partial charge on any atom is -0.398 e. The van der Waals surface area contributed by atoms with Gasteiger partial charge >= 0.3 is 0 Å². The molecule has 0 saturated carbocycles. The molecule has 0 aromatic carbocycles. The van der Waals surface area contributed by atoms with E-state index in [1.807, 2.05) is 0 Å². The maximum absolute atomic E-state index is 14.3. The number of nitrogens with zero attached hydrogens (tertiary/aromatic N) is 2. The number of carbonyl (C=O) groups is 1. The number of carbonyl (C=O) groups excluding carboxylic acids is 1. The predicted molar refractivity (Wildman–Crippen MR) is 108 cm³/mol. The molecule has 0 saturated heterocycles. The van der Waals surface area contributed by atoms with Crippen LogP contribution in [-0.2, 0) is 4.79 Å². The minimum absolute atomic E-state index is 0.0540. The number of aliphatic hydroxyl groups excluding tert-OH is 1. The number of allylic oxidation sites excluding steroid dienone is 3. The lowest BCUT2D eigenvalue weighted by Crippen LogP contribution is -2.48. The number of rotatable bonds is 5. The van der Waals surface area contributed by atoms with Crippen LogP contribution in [0.3, 0.4) is 0 Å². The van der Waals surface area contributed by atoms with Crippen molar-refractivity contribution in [1.82, 2.24) is 21.3 Å². The summed E-state index contributed by atoms with van der Waals surface area (Å²) in [7, 11) is 1.72. The summed E-state index contributed by atoms with van der Waals surface area (Å²) >= 11 is 0. The number of guanidine groups is 1. The number of nitrogens with two attached hydrogens (primary N) is 1. The SMILES string of the molecule is C=C1NC(=NCC(=O)C=C(N)/C(C)=C\NC)NC(O)N/C=C/N=CC(C)=C1F. The first-order valence-electron chi connectivity index (χ1n) is 8.35. The topological polar surface area (TPSA) is 136 Å². The van der Waals surface area contributed by atoms with Crippen LogP contribution < -0.4 is 27.0 Å². The second-order valence-electron chi connectivity index (χ2n) is 5.75. The lowest BCUT2D eigenvalue weighted by Gasteiger charge is -2.18. The maximum Gasteiger partial charge on any atom is 0.204 e. The van der Waals surface area contributed by atoms with E-state index in [4.69, 9.17) is 5.73 Å². The highest BCUT2D eigenvalue weighted by Gasteiger charge is 2.12. The van der Waals surface area contributed by atoms with Crippen LogP contribution in [0.5, 0.6) is 0 Å².